The number of rotatable bonds is 1. The standard InChI is InChI=1S/C6H10N4.C3H4S2.2ClH/c7-5-1-3-6(4-2-5)10(8)9;1-2-5-3-4-1;;/h1-4H,7-9H2;1-2H,3H2;2*1H. The van der Waals surface area contributed by atoms with Crippen LogP contribution in [0, 0.1) is 0 Å². The number of thioether (sulfide) groups is 2. The van der Waals surface area contributed by atoms with E-state index in [1.807, 2.05) is 23.5 Å². The van der Waals surface area contributed by atoms with Crippen molar-refractivity contribution in [2.24, 2.45) is 11.7 Å². The number of anilines is 2. The van der Waals surface area contributed by atoms with Crippen molar-refractivity contribution in [1.82, 2.24) is 0 Å². The minimum atomic E-state index is 0. The molecule has 8 heteroatoms. The molecule has 1 aliphatic rings. The Bertz CT molecular complexity index is 313. The van der Waals surface area contributed by atoms with Crippen molar-refractivity contribution in [3.63, 3.8) is 0 Å². The van der Waals surface area contributed by atoms with E-state index >= 15 is 0 Å². The first kappa shape index (κ1) is 19.1. The normalized spacial score (nSPS) is 11.6. The van der Waals surface area contributed by atoms with Gasteiger partial charge in [0.15, 0.2) is 0 Å². The molecule has 0 saturated heterocycles. The molecule has 0 radical (unpaired) electrons. The Hall–Kier alpha value is -0.240. The number of halogens is 2. The molecule has 1 aromatic rings. The summed E-state index contributed by atoms with van der Waals surface area (Å²) in [5.41, 5.74) is 6.86. The average Bonchev–Trinajstić information content (AvgIpc) is 2.76. The molecule has 0 spiro atoms. The predicted octanol–water partition coefficient (Wildman–Crippen LogP) is 2.56. The summed E-state index contributed by atoms with van der Waals surface area (Å²) in [5.74, 6) is 10.5. The van der Waals surface area contributed by atoms with Crippen LogP contribution in [0.2, 0.25) is 0 Å². The first-order valence-electron chi connectivity index (χ1n) is 4.23. The van der Waals surface area contributed by atoms with Crippen LogP contribution in [-0.2, 0) is 0 Å². The Kier molecular flexibility index (Phi) is 12.2. The maximum absolute atomic E-state index is 5.43. The molecule has 98 valence electrons. The van der Waals surface area contributed by atoms with Gasteiger partial charge in [0.05, 0.1) is 5.69 Å². The lowest BCUT2D eigenvalue weighted by Gasteiger charge is -2.10. The van der Waals surface area contributed by atoms with E-state index in [-0.39, 0.29) is 24.8 Å². The van der Waals surface area contributed by atoms with Gasteiger partial charge in [-0.05, 0) is 35.1 Å². The number of nitrogens with zero attached hydrogens (tertiary/aromatic N) is 1. The molecule has 0 unspecified atom stereocenters. The summed E-state index contributed by atoms with van der Waals surface area (Å²) in [7, 11) is 0. The van der Waals surface area contributed by atoms with Crippen LogP contribution in [0.15, 0.2) is 35.1 Å². The van der Waals surface area contributed by atoms with Gasteiger partial charge in [-0.1, -0.05) is 0 Å². The topological polar surface area (TPSA) is 81.3 Å². The zero-order valence-electron chi connectivity index (χ0n) is 8.98. The summed E-state index contributed by atoms with van der Waals surface area (Å²) in [6, 6.07) is 6.97. The molecule has 0 amide bonds. The van der Waals surface area contributed by atoms with Crippen molar-refractivity contribution >= 4 is 59.7 Å². The number of nitrogens with two attached hydrogens (primary N) is 3. The number of nitrogen functional groups attached to an aromatic ring is 1. The number of hydrazine groups is 2. The predicted molar refractivity (Wildman–Crippen MR) is 85.4 cm³/mol. The van der Waals surface area contributed by atoms with Gasteiger partial charge in [-0.3, -0.25) is 0 Å². The van der Waals surface area contributed by atoms with Crippen molar-refractivity contribution < 1.29 is 0 Å². The van der Waals surface area contributed by atoms with Crippen molar-refractivity contribution in [3.05, 3.63) is 35.1 Å². The van der Waals surface area contributed by atoms with Gasteiger partial charge in [0.25, 0.3) is 0 Å². The maximum atomic E-state index is 5.43. The van der Waals surface area contributed by atoms with Gasteiger partial charge in [-0.25, -0.2) is 16.8 Å². The van der Waals surface area contributed by atoms with Gasteiger partial charge >= 0.3 is 0 Å². The van der Waals surface area contributed by atoms with Crippen LogP contribution in [-0.4, -0.2) is 5.08 Å². The Labute approximate surface area is 122 Å². The minimum absolute atomic E-state index is 0. The fourth-order valence-corrected chi connectivity index (χ4v) is 2.41. The Balaban J connectivity index is 0. The van der Waals surface area contributed by atoms with Crippen LogP contribution in [0.5, 0.6) is 0 Å². The highest BCUT2D eigenvalue weighted by atomic mass is 35.5. The summed E-state index contributed by atoms with van der Waals surface area (Å²) in [6.07, 6.45) is 0. The highest BCUT2D eigenvalue weighted by Gasteiger charge is 1.92. The summed E-state index contributed by atoms with van der Waals surface area (Å²) >= 11 is 3.71. The molecular weight excluding hydrogens is 299 g/mol. The third-order valence-electron chi connectivity index (χ3n) is 1.58. The first-order chi connectivity index (χ1) is 7.20. The SMILES string of the molecule is C1=CSCS1.Cl.Cl.Nc1ccc(N(N)N)cc1. The van der Waals surface area contributed by atoms with Gasteiger partial charge in [-0.15, -0.1) is 48.3 Å². The summed E-state index contributed by atoms with van der Waals surface area (Å²) in [5, 5.41) is 6.49. The average molecular weight is 315 g/mol. The number of benzene rings is 1. The van der Waals surface area contributed by atoms with E-state index < -0.39 is 0 Å². The van der Waals surface area contributed by atoms with Crippen LogP contribution in [0.3, 0.4) is 0 Å². The van der Waals surface area contributed by atoms with Crippen LogP contribution < -0.4 is 22.5 Å². The molecule has 1 heterocycles. The lowest BCUT2D eigenvalue weighted by Crippen LogP contribution is -2.37. The Morgan fingerprint density at radius 1 is 0.941 bits per heavy atom. The van der Waals surface area contributed by atoms with E-state index in [1.54, 1.807) is 24.3 Å². The molecule has 0 aromatic heterocycles. The van der Waals surface area contributed by atoms with E-state index in [0.717, 1.165) is 10.8 Å². The molecule has 0 fully saturated rings. The van der Waals surface area contributed by atoms with Crippen molar-refractivity contribution in [1.29, 1.82) is 0 Å². The smallest absolute Gasteiger partial charge is 0.0698 e. The third-order valence-corrected chi connectivity index (χ3v) is 3.49. The van der Waals surface area contributed by atoms with Crippen molar-refractivity contribution in [2.45, 2.75) is 0 Å². The van der Waals surface area contributed by atoms with Crippen LogP contribution >= 0.6 is 48.3 Å². The molecule has 2 rings (SSSR count). The quantitative estimate of drug-likeness (QED) is 0.420. The molecule has 0 saturated carbocycles. The molecule has 6 N–H and O–H groups in total. The maximum Gasteiger partial charge on any atom is 0.0698 e. The molecule has 1 aliphatic heterocycles. The van der Waals surface area contributed by atoms with Gasteiger partial charge in [0.1, 0.15) is 0 Å². The van der Waals surface area contributed by atoms with E-state index in [2.05, 4.69) is 10.8 Å². The van der Waals surface area contributed by atoms with Gasteiger partial charge in [-0.2, -0.15) is 0 Å². The van der Waals surface area contributed by atoms with Crippen LogP contribution in [0.25, 0.3) is 0 Å². The molecule has 0 aliphatic carbocycles. The summed E-state index contributed by atoms with van der Waals surface area (Å²) < 4.78 is 0. The second-order valence-electron chi connectivity index (χ2n) is 2.72. The third kappa shape index (κ3) is 8.48. The van der Waals surface area contributed by atoms with Gasteiger partial charge in [0, 0.05) is 10.8 Å². The second kappa shape index (κ2) is 10.9. The molecule has 1 aromatic carbocycles. The molecule has 0 bridgehead atoms. The molecule has 0 atom stereocenters. The minimum Gasteiger partial charge on any atom is -0.399 e. The second-order valence-corrected chi connectivity index (χ2v) is 4.88. The zero-order chi connectivity index (χ0) is 11.1. The van der Waals surface area contributed by atoms with Crippen LogP contribution in [0.1, 0.15) is 0 Å². The van der Waals surface area contributed by atoms with E-state index in [1.165, 1.54) is 5.08 Å². The Morgan fingerprint density at radius 2 is 1.41 bits per heavy atom. The van der Waals surface area contributed by atoms with Crippen molar-refractivity contribution in [3.8, 4) is 0 Å². The Morgan fingerprint density at radius 3 is 1.71 bits per heavy atom. The lowest BCUT2D eigenvalue weighted by molar-refractivity contribution is 0.925. The molecular formula is C9H16Cl2N4S2. The molecule has 17 heavy (non-hydrogen) atoms. The van der Waals surface area contributed by atoms with E-state index in [4.69, 9.17) is 17.4 Å². The number of hydrogen-bond acceptors (Lipinski definition) is 6. The van der Waals surface area contributed by atoms with E-state index in [9.17, 15) is 0 Å². The fourth-order valence-electron chi connectivity index (χ4n) is 0.843. The molecule has 4 nitrogen and oxygen atoms in total. The summed E-state index contributed by atoms with van der Waals surface area (Å²) in [6.45, 7) is 0. The largest absolute Gasteiger partial charge is 0.399 e. The highest BCUT2D eigenvalue weighted by molar-refractivity contribution is 8.21. The fraction of sp³-hybridized carbons (Fsp3) is 0.111. The first-order valence-corrected chi connectivity index (χ1v) is 6.33. The van der Waals surface area contributed by atoms with E-state index in [0.29, 0.717) is 5.69 Å². The lowest BCUT2D eigenvalue weighted by atomic mass is 10.3. The monoisotopic (exact) mass is 314 g/mol. The van der Waals surface area contributed by atoms with Crippen LogP contribution in [0.4, 0.5) is 11.4 Å². The van der Waals surface area contributed by atoms with Crippen molar-refractivity contribution in [2.75, 3.05) is 15.9 Å². The zero-order valence-corrected chi connectivity index (χ0v) is 12.2. The van der Waals surface area contributed by atoms with Gasteiger partial charge < -0.3 is 5.73 Å². The highest BCUT2D eigenvalue weighted by Crippen LogP contribution is 2.22. The summed E-state index contributed by atoms with van der Waals surface area (Å²) in [4.78, 5) is 0. The number of hydrogen-bond donors (Lipinski definition) is 3. The van der Waals surface area contributed by atoms with Gasteiger partial charge in [0.2, 0.25) is 0 Å².